The van der Waals surface area contributed by atoms with E-state index in [1.54, 1.807) is 14.1 Å². The molecule has 0 saturated carbocycles. The Balaban J connectivity index is 0.00000300. The number of amides is 1. The predicted octanol–water partition coefficient (Wildman–Crippen LogP) is 3.66. The summed E-state index contributed by atoms with van der Waals surface area (Å²) in [5, 5.41) is 7.12. The van der Waals surface area contributed by atoms with Crippen molar-refractivity contribution in [2.45, 2.75) is 13.0 Å². The number of aliphatic imine (C=N–C) groups is 1. The minimum absolute atomic E-state index is 0. The van der Waals surface area contributed by atoms with Crippen LogP contribution in [-0.2, 0) is 13.0 Å². The van der Waals surface area contributed by atoms with Crippen LogP contribution in [0, 0.1) is 0 Å². The molecule has 1 amide bonds. The van der Waals surface area contributed by atoms with Crippen molar-refractivity contribution in [3.63, 3.8) is 0 Å². The van der Waals surface area contributed by atoms with E-state index < -0.39 is 0 Å². The van der Waals surface area contributed by atoms with E-state index in [-0.39, 0.29) is 29.9 Å². The zero-order valence-electron chi connectivity index (χ0n) is 16.9. The van der Waals surface area contributed by atoms with Gasteiger partial charge in [0.15, 0.2) is 5.96 Å². The number of hydrogen-bond acceptors (Lipinski definition) is 3. The zero-order valence-corrected chi connectivity index (χ0v) is 19.3. The fourth-order valence-electron chi connectivity index (χ4n) is 3.14. The first-order valence-corrected chi connectivity index (χ1v) is 9.31. The van der Waals surface area contributed by atoms with Crippen LogP contribution in [0.4, 0.5) is 0 Å². The van der Waals surface area contributed by atoms with Crippen LogP contribution >= 0.6 is 24.0 Å². The average Bonchev–Trinajstić information content (AvgIpc) is 3.13. The number of fused-ring (bicyclic) bond motifs is 1. The highest BCUT2D eigenvalue weighted by molar-refractivity contribution is 14.0. The Morgan fingerprint density at radius 2 is 1.93 bits per heavy atom. The topological polar surface area (TPSA) is 69.9 Å². The van der Waals surface area contributed by atoms with Crippen molar-refractivity contribution in [2.24, 2.45) is 4.99 Å². The number of nitrogens with zero attached hydrogens (tertiary/aromatic N) is 2. The lowest BCUT2D eigenvalue weighted by Crippen LogP contribution is -2.39. The summed E-state index contributed by atoms with van der Waals surface area (Å²) in [6.07, 6.45) is 0.794. The maximum atomic E-state index is 11.8. The predicted molar refractivity (Wildman–Crippen MR) is 128 cm³/mol. The summed E-state index contributed by atoms with van der Waals surface area (Å²) in [7, 11) is 5.39. The smallest absolute Gasteiger partial charge is 0.251 e. The number of benzene rings is 2. The van der Waals surface area contributed by atoms with Crippen molar-refractivity contribution >= 4 is 46.8 Å². The Morgan fingerprint density at radius 1 is 1.14 bits per heavy atom. The second kappa shape index (κ2) is 10.8. The van der Waals surface area contributed by atoms with E-state index in [1.807, 2.05) is 60.5 Å². The molecule has 0 fully saturated rings. The number of carbonyl (C=O) groups excluding carboxylic acids is 1. The molecule has 3 rings (SSSR count). The van der Waals surface area contributed by atoms with Gasteiger partial charge in [0.2, 0.25) is 0 Å². The molecule has 0 spiro atoms. The first kappa shape index (κ1) is 22.7. The maximum Gasteiger partial charge on any atom is 0.251 e. The van der Waals surface area contributed by atoms with Gasteiger partial charge in [-0.1, -0.05) is 30.3 Å². The first-order valence-electron chi connectivity index (χ1n) is 9.31. The first-order chi connectivity index (χ1) is 13.6. The van der Waals surface area contributed by atoms with Crippen molar-refractivity contribution in [3.8, 4) is 0 Å². The molecule has 0 bridgehead atoms. The second-order valence-corrected chi connectivity index (χ2v) is 6.61. The van der Waals surface area contributed by atoms with E-state index in [0.717, 1.165) is 34.7 Å². The van der Waals surface area contributed by atoms with Crippen molar-refractivity contribution in [1.82, 2.24) is 15.5 Å². The molecular formula is C22H27IN4O2. The summed E-state index contributed by atoms with van der Waals surface area (Å²) in [5.41, 5.74) is 2.67. The highest BCUT2D eigenvalue weighted by Gasteiger charge is 2.10. The van der Waals surface area contributed by atoms with Gasteiger partial charge in [0.1, 0.15) is 11.3 Å². The molecule has 2 N–H and O–H groups in total. The SMILES string of the molecule is CN=C(NCCc1cccc(C(=O)NC)c1)N(C)Cc1cc2ccccc2o1.I. The molecule has 1 aromatic heterocycles. The number of guanidine groups is 1. The van der Waals surface area contributed by atoms with E-state index in [0.29, 0.717) is 18.7 Å². The van der Waals surface area contributed by atoms with E-state index in [1.165, 1.54) is 0 Å². The lowest BCUT2D eigenvalue weighted by atomic mass is 10.1. The molecule has 0 aliphatic heterocycles. The third kappa shape index (κ3) is 5.96. The van der Waals surface area contributed by atoms with E-state index in [2.05, 4.69) is 21.7 Å². The number of furan rings is 1. The molecule has 6 nitrogen and oxygen atoms in total. The lowest BCUT2D eigenvalue weighted by Gasteiger charge is -2.21. The minimum Gasteiger partial charge on any atom is -0.459 e. The van der Waals surface area contributed by atoms with Crippen LogP contribution in [0.2, 0.25) is 0 Å². The molecule has 154 valence electrons. The summed E-state index contributed by atoms with van der Waals surface area (Å²) >= 11 is 0. The summed E-state index contributed by atoms with van der Waals surface area (Å²) in [6, 6.07) is 17.7. The van der Waals surface area contributed by atoms with Gasteiger partial charge in [-0.3, -0.25) is 9.79 Å². The number of carbonyl (C=O) groups is 1. The van der Waals surface area contributed by atoms with Gasteiger partial charge in [-0.25, -0.2) is 0 Å². The summed E-state index contributed by atoms with van der Waals surface area (Å²) in [4.78, 5) is 18.1. The van der Waals surface area contributed by atoms with E-state index in [9.17, 15) is 4.79 Å². The van der Waals surface area contributed by atoms with Crippen molar-refractivity contribution < 1.29 is 9.21 Å². The number of rotatable bonds is 6. The van der Waals surface area contributed by atoms with E-state index in [4.69, 9.17) is 4.42 Å². The van der Waals surface area contributed by atoms with Crippen molar-refractivity contribution in [3.05, 3.63) is 71.5 Å². The van der Waals surface area contributed by atoms with Gasteiger partial charge in [-0.05, 0) is 36.2 Å². The molecule has 2 aromatic carbocycles. The van der Waals surface area contributed by atoms with E-state index >= 15 is 0 Å². The normalized spacial score (nSPS) is 11.1. The second-order valence-electron chi connectivity index (χ2n) is 6.61. The number of hydrogen-bond donors (Lipinski definition) is 2. The summed E-state index contributed by atoms with van der Waals surface area (Å²) in [6.45, 7) is 1.34. The molecule has 29 heavy (non-hydrogen) atoms. The molecule has 0 saturated heterocycles. The fourth-order valence-corrected chi connectivity index (χ4v) is 3.14. The number of para-hydroxylation sites is 1. The Morgan fingerprint density at radius 3 is 2.66 bits per heavy atom. The van der Waals surface area contributed by atoms with Gasteiger partial charge in [0.25, 0.3) is 5.91 Å². The van der Waals surface area contributed by atoms with Gasteiger partial charge in [0.05, 0.1) is 6.54 Å². The Labute approximate surface area is 188 Å². The van der Waals surface area contributed by atoms with Gasteiger partial charge in [-0.15, -0.1) is 24.0 Å². The molecule has 0 atom stereocenters. The summed E-state index contributed by atoms with van der Waals surface area (Å²) < 4.78 is 5.89. The molecule has 0 aliphatic carbocycles. The lowest BCUT2D eigenvalue weighted by molar-refractivity contribution is 0.0963. The highest BCUT2D eigenvalue weighted by atomic mass is 127. The zero-order chi connectivity index (χ0) is 19.9. The largest absolute Gasteiger partial charge is 0.459 e. The van der Waals surface area contributed by atoms with Crippen LogP contribution in [0.3, 0.4) is 0 Å². The van der Waals surface area contributed by atoms with Crippen LogP contribution < -0.4 is 10.6 Å². The molecular weight excluding hydrogens is 479 g/mol. The van der Waals surface area contributed by atoms with Crippen molar-refractivity contribution in [1.29, 1.82) is 0 Å². The highest BCUT2D eigenvalue weighted by Crippen LogP contribution is 2.19. The molecule has 1 heterocycles. The fraction of sp³-hybridized carbons (Fsp3) is 0.273. The molecule has 7 heteroatoms. The Kier molecular flexibility index (Phi) is 8.50. The monoisotopic (exact) mass is 506 g/mol. The quantitative estimate of drug-likeness (QED) is 0.304. The van der Waals surface area contributed by atoms with Gasteiger partial charge < -0.3 is 20.0 Å². The Hall–Kier alpha value is -2.55. The molecule has 0 aliphatic rings. The van der Waals surface area contributed by atoms with Crippen LogP contribution in [-0.4, -0.2) is 44.5 Å². The van der Waals surface area contributed by atoms with Gasteiger partial charge >= 0.3 is 0 Å². The number of nitrogens with one attached hydrogen (secondary N) is 2. The molecule has 0 unspecified atom stereocenters. The molecule has 0 radical (unpaired) electrons. The van der Waals surface area contributed by atoms with Crippen molar-refractivity contribution in [2.75, 3.05) is 27.7 Å². The van der Waals surface area contributed by atoms with Crippen LogP contribution in [0.15, 0.2) is 64.0 Å². The Bertz CT molecular complexity index is 951. The standard InChI is InChI=1S/C22H26N4O2.HI/c1-23-21(27)18-9-6-7-16(13-18)11-12-25-22(24-2)26(3)15-19-14-17-8-4-5-10-20(17)28-19;/h4-10,13-14H,11-12,15H2,1-3H3,(H,23,27)(H,24,25);1H. The third-order valence-electron chi connectivity index (χ3n) is 4.56. The van der Waals surface area contributed by atoms with Gasteiger partial charge in [0, 0.05) is 38.6 Å². The van der Waals surface area contributed by atoms with Gasteiger partial charge in [-0.2, -0.15) is 0 Å². The molecule has 3 aromatic rings. The number of halogens is 1. The average molecular weight is 506 g/mol. The summed E-state index contributed by atoms with van der Waals surface area (Å²) in [5.74, 6) is 1.61. The minimum atomic E-state index is -0.0730. The maximum absolute atomic E-state index is 11.8. The van der Waals surface area contributed by atoms with Crippen LogP contribution in [0.25, 0.3) is 11.0 Å². The van der Waals surface area contributed by atoms with Crippen LogP contribution in [0.1, 0.15) is 21.7 Å². The third-order valence-corrected chi connectivity index (χ3v) is 4.56. The van der Waals surface area contributed by atoms with Crippen LogP contribution in [0.5, 0.6) is 0 Å².